The third-order valence-corrected chi connectivity index (χ3v) is 3.65. The van der Waals surface area contributed by atoms with Gasteiger partial charge in [-0.05, 0) is 32.4 Å². The van der Waals surface area contributed by atoms with Crippen LogP contribution in [0.3, 0.4) is 0 Å². The van der Waals surface area contributed by atoms with Gasteiger partial charge in [-0.3, -0.25) is 4.98 Å². The van der Waals surface area contributed by atoms with E-state index >= 15 is 0 Å². The van der Waals surface area contributed by atoms with Crippen LogP contribution in [0.5, 0.6) is 0 Å². The third-order valence-electron chi connectivity index (χ3n) is 3.65. The van der Waals surface area contributed by atoms with Crippen LogP contribution in [0.1, 0.15) is 31.0 Å². The Hall–Kier alpha value is -0.930. The molecule has 3 heteroatoms. The van der Waals surface area contributed by atoms with Crippen molar-refractivity contribution in [1.29, 1.82) is 0 Å². The van der Waals surface area contributed by atoms with Crippen LogP contribution >= 0.6 is 0 Å². The number of aliphatic hydroxyl groups is 1. The standard InChI is InChI=1S/C13H20N2O/c1-3-11-8-14-7-6-13(11,16)12-5-4-10(2)15-9-12/h4-5,9,11,14,16H,3,6-8H2,1-2H3. The fraction of sp³-hybridized carbons (Fsp3) is 0.615. The van der Waals surface area contributed by atoms with Gasteiger partial charge in [0.1, 0.15) is 0 Å². The van der Waals surface area contributed by atoms with Crippen molar-refractivity contribution in [2.75, 3.05) is 13.1 Å². The van der Waals surface area contributed by atoms with Gasteiger partial charge in [0, 0.05) is 29.9 Å². The molecule has 0 saturated carbocycles. The van der Waals surface area contributed by atoms with Gasteiger partial charge in [-0.15, -0.1) is 0 Å². The summed E-state index contributed by atoms with van der Waals surface area (Å²) in [5.74, 6) is 0.283. The third kappa shape index (κ3) is 1.97. The SMILES string of the molecule is CCC1CNCCC1(O)c1ccc(C)nc1. The number of piperidine rings is 1. The monoisotopic (exact) mass is 220 g/mol. The van der Waals surface area contributed by atoms with Crippen molar-refractivity contribution in [3.63, 3.8) is 0 Å². The highest BCUT2D eigenvalue weighted by Gasteiger charge is 2.39. The topological polar surface area (TPSA) is 45.1 Å². The molecule has 88 valence electrons. The Morgan fingerprint density at radius 2 is 2.38 bits per heavy atom. The summed E-state index contributed by atoms with van der Waals surface area (Å²) in [7, 11) is 0. The van der Waals surface area contributed by atoms with E-state index in [0.29, 0.717) is 0 Å². The zero-order chi connectivity index (χ0) is 11.6. The van der Waals surface area contributed by atoms with E-state index in [2.05, 4.69) is 17.2 Å². The number of aryl methyl sites for hydroxylation is 1. The van der Waals surface area contributed by atoms with E-state index in [9.17, 15) is 5.11 Å². The van der Waals surface area contributed by atoms with Gasteiger partial charge in [-0.2, -0.15) is 0 Å². The zero-order valence-electron chi connectivity index (χ0n) is 10.0. The Labute approximate surface area is 96.9 Å². The van der Waals surface area contributed by atoms with Crippen molar-refractivity contribution in [3.05, 3.63) is 29.6 Å². The van der Waals surface area contributed by atoms with Crippen LogP contribution in [0.15, 0.2) is 18.3 Å². The van der Waals surface area contributed by atoms with E-state index < -0.39 is 5.60 Å². The molecular weight excluding hydrogens is 200 g/mol. The fourth-order valence-corrected chi connectivity index (χ4v) is 2.51. The molecule has 0 amide bonds. The maximum Gasteiger partial charge on any atom is 0.0963 e. The first-order valence-corrected chi connectivity index (χ1v) is 6.03. The van der Waals surface area contributed by atoms with Crippen LogP contribution in [0.4, 0.5) is 0 Å². The smallest absolute Gasteiger partial charge is 0.0963 e. The van der Waals surface area contributed by atoms with Crippen molar-refractivity contribution in [2.45, 2.75) is 32.3 Å². The van der Waals surface area contributed by atoms with E-state index in [4.69, 9.17) is 0 Å². The van der Waals surface area contributed by atoms with Crippen LogP contribution in [-0.2, 0) is 5.60 Å². The Bertz CT molecular complexity index is 349. The summed E-state index contributed by atoms with van der Waals surface area (Å²) < 4.78 is 0. The molecule has 0 spiro atoms. The largest absolute Gasteiger partial charge is 0.385 e. The molecule has 2 N–H and O–H groups in total. The maximum atomic E-state index is 10.8. The lowest BCUT2D eigenvalue weighted by molar-refractivity contribution is -0.0481. The molecule has 2 unspecified atom stereocenters. The number of hydrogen-bond acceptors (Lipinski definition) is 3. The summed E-state index contributed by atoms with van der Waals surface area (Å²) in [6, 6.07) is 3.98. The van der Waals surface area contributed by atoms with Gasteiger partial charge in [0.25, 0.3) is 0 Å². The highest BCUT2D eigenvalue weighted by atomic mass is 16.3. The first kappa shape index (κ1) is 11.6. The van der Waals surface area contributed by atoms with Crippen molar-refractivity contribution >= 4 is 0 Å². The molecule has 2 atom stereocenters. The molecule has 16 heavy (non-hydrogen) atoms. The predicted octanol–water partition coefficient (Wildman–Crippen LogP) is 1.60. The van der Waals surface area contributed by atoms with Crippen LogP contribution in [-0.4, -0.2) is 23.2 Å². The highest BCUT2D eigenvalue weighted by Crippen LogP contribution is 2.36. The molecule has 0 radical (unpaired) electrons. The molecule has 2 rings (SSSR count). The van der Waals surface area contributed by atoms with Crippen molar-refractivity contribution in [3.8, 4) is 0 Å². The molecular formula is C13H20N2O. The first-order chi connectivity index (χ1) is 7.66. The van der Waals surface area contributed by atoms with E-state index in [0.717, 1.165) is 37.2 Å². The number of hydrogen-bond donors (Lipinski definition) is 2. The second-order valence-corrected chi connectivity index (χ2v) is 4.67. The molecule has 1 fully saturated rings. The lowest BCUT2D eigenvalue weighted by Gasteiger charge is -2.40. The Balaban J connectivity index is 2.31. The summed E-state index contributed by atoms with van der Waals surface area (Å²) in [6.07, 6.45) is 3.58. The molecule has 1 aromatic heterocycles. The van der Waals surface area contributed by atoms with Crippen LogP contribution in [0.25, 0.3) is 0 Å². The number of aromatic nitrogens is 1. The van der Waals surface area contributed by atoms with Crippen molar-refractivity contribution < 1.29 is 5.11 Å². The van der Waals surface area contributed by atoms with Gasteiger partial charge in [0.2, 0.25) is 0 Å². The second kappa shape index (κ2) is 4.52. The number of nitrogens with one attached hydrogen (secondary N) is 1. The molecule has 1 saturated heterocycles. The highest BCUT2D eigenvalue weighted by molar-refractivity contribution is 5.22. The normalized spacial score (nSPS) is 30.3. The van der Waals surface area contributed by atoms with Gasteiger partial charge in [0.05, 0.1) is 5.60 Å². The van der Waals surface area contributed by atoms with E-state index in [-0.39, 0.29) is 5.92 Å². The molecule has 3 nitrogen and oxygen atoms in total. The Kier molecular flexibility index (Phi) is 3.26. The van der Waals surface area contributed by atoms with Gasteiger partial charge >= 0.3 is 0 Å². The molecule has 0 aromatic carbocycles. The average Bonchev–Trinajstić information content (AvgIpc) is 2.30. The lowest BCUT2D eigenvalue weighted by Crippen LogP contribution is -2.47. The number of nitrogens with zero attached hydrogens (tertiary/aromatic N) is 1. The van der Waals surface area contributed by atoms with Gasteiger partial charge in [-0.1, -0.05) is 13.0 Å². The number of pyridine rings is 1. The summed E-state index contributed by atoms with van der Waals surface area (Å²) >= 11 is 0. The van der Waals surface area contributed by atoms with Gasteiger partial charge in [0.15, 0.2) is 0 Å². The van der Waals surface area contributed by atoms with E-state index in [1.165, 1.54) is 0 Å². The summed E-state index contributed by atoms with van der Waals surface area (Å²) in [5, 5.41) is 14.2. The Morgan fingerprint density at radius 3 is 3.00 bits per heavy atom. The maximum absolute atomic E-state index is 10.8. The predicted molar refractivity (Wildman–Crippen MR) is 64.1 cm³/mol. The molecule has 2 heterocycles. The molecule has 1 aromatic rings. The lowest BCUT2D eigenvalue weighted by atomic mass is 9.76. The molecule has 1 aliphatic rings. The van der Waals surface area contributed by atoms with Crippen molar-refractivity contribution in [1.82, 2.24) is 10.3 Å². The fourth-order valence-electron chi connectivity index (χ4n) is 2.51. The van der Waals surface area contributed by atoms with Crippen LogP contribution in [0, 0.1) is 12.8 Å². The first-order valence-electron chi connectivity index (χ1n) is 6.03. The summed E-state index contributed by atoms with van der Waals surface area (Å²) in [5.41, 5.74) is 1.27. The minimum absolute atomic E-state index is 0.283. The minimum Gasteiger partial charge on any atom is -0.385 e. The minimum atomic E-state index is -0.694. The van der Waals surface area contributed by atoms with Crippen LogP contribution < -0.4 is 5.32 Å². The molecule has 0 bridgehead atoms. The van der Waals surface area contributed by atoms with Gasteiger partial charge < -0.3 is 10.4 Å². The van der Waals surface area contributed by atoms with Gasteiger partial charge in [-0.25, -0.2) is 0 Å². The average molecular weight is 220 g/mol. The quantitative estimate of drug-likeness (QED) is 0.795. The zero-order valence-corrected chi connectivity index (χ0v) is 10.0. The van der Waals surface area contributed by atoms with E-state index in [1.54, 1.807) is 0 Å². The Morgan fingerprint density at radius 1 is 1.56 bits per heavy atom. The summed E-state index contributed by atoms with van der Waals surface area (Å²) in [6.45, 7) is 5.86. The summed E-state index contributed by atoms with van der Waals surface area (Å²) in [4.78, 5) is 4.29. The molecule has 0 aliphatic carbocycles. The second-order valence-electron chi connectivity index (χ2n) is 4.67. The van der Waals surface area contributed by atoms with E-state index in [1.807, 2.05) is 25.3 Å². The van der Waals surface area contributed by atoms with Crippen molar-refractivity contribution in [2.24, 2.45) is 5.92 Å². The van der Waals surface area contributed by atoms with Crippen LogP contribution in [0.2, 0.25) is 0 Å². The molecule has 1 aliphatic heterocycles. The number of rotatable bonds is 2.